The fourth-order valence-electron chi connectivity index (χ4n) is 0.933. The molecule has 1 aromatic carbocycles. The quantitative estimate of drug-likeness (QED) is 0.618. The summed E-state index contributed by atoms with van der Waals surface area (Å²) in [5.74, 6) is 1.22. The van der Waals surface area contributed by atoms with Crippen LogP contribution in [0.15, 0.2) is 30.3 Å². The molecule has 0 aliphatic heterocycles. The van der Waals surface area contributed by atoms with Gasteiger partial charge in [-0.05, 0) is 30.4 Å². The Hall–Kier alpha value is -0.430. The average Bonchev–Trinajstić information content (AvgIpc) is 2.07. The normalized spacial score (nSPS) is 9.91. The molecule has 1 heteroatoms. The lowest BCUT2D eigenvalue weighted by molar-refractivity contribution is 1.14. The van der Waals surface area contributed by atoms with E-state index in [0.717, 1.165) is 0 Å². The fraction of sp³-hybridized carbons (Fsp3) is 0.300. The summed E-state index contributed by atoms with van der Waals surface area (Å²) in [4.78, 5) is 0. The van der Waals surface area contributed by atoms with E-state index in [9.17, 15) is 0 Å². The van der Waals surface area contributed by atoms with E-state index < -0.39 is 0 Å². The Kier molecular flexibility index (Phi) is 4.14. The molecule has 0 bridgehead atoms. The highest BCUT2D eigenvalue weighted by atomic mass is 32.2. The molecule has 0 spiro atoms. The molecule has 0 saturated heterocycles. The standard InChI is InChI=1S/C10H13S/c1-11-9-5-8-10-6-3-2-4-7-10/h2-4,6-8H,5,9H2,1H3. The summed E-state index contributed by atoms with van der Waals surface area (Å²) < 4.78 is 0. The molecule has 0 nitrogen and oxygen atoms in total. The summed E-state index contributed by atoms with van der Waals surface area (Å²) in [6.07, 6.45) is 5.58. The fourth-order valence-corrected chi connectivity index (χ4v) is 1.29. The van der Waals surface area contributed by atoms with Gasteiger partial charge >= 0.3 is 0 Å². The molecule has 0 heterocycles. The van der Waals surface area contributed by atoms with Gasteiger partial charge in [0.1, 0.15) is 0 Å². The molecule has 1 radical (unpaired) electrons. The molecule has 59 valence electrons. The van der Waals surface area contributed by atoms with Gasteiger partial charge in [0.25, 0.3) is 0 Å². The van der Waals surface area contributed by atoms with Gasteiger partial charge in [-0.3, -0.25) is 0 Å². The molecule has 1 aromatic rings. The maximum Gasteiger partial charge on any atom is -0.00643 e. The molecule has 11 heavy (non-hydrogen) atoms. The number of rotatable bonds is 4. The van der Waals surface area contributed by atoms with Crippen molar-refractivity contribution in [1.82, 2.24) is 0 Å². The smallest absolute Gasteiger partial charge is 0.00643 e. The van der Waals surface area contributed by atoms with E-state index in [1.165, 1.54) is 17.7 Å². The number of hydrogen-bond donors (Lipinski definition) is 0. The first-order valence-electron chi connectivity index (χ1n) is 3.80. The zero-order valence-electron chi connectivity index (χ0n) is 6.79. The Morgan fingerprint density at radius 1 is 1.27 bits per heavy atom. The van der Waals surface area contributed by atoms with Crippen LogP contribution in [0.2, 0.25) is 0 Å². The van der Waals surface area contributed by atoms with E-state index in [0.29, 0.717) is 0 Å². The highest BCUT2D eigenvalue weighted by molar-refractivity contribution is 7.98. The van der Waals surface area contributed by atoms with Gasteiger partial charge in [0.15, 0.2) is 0 Å². The highest BCUT2D eigenvalue weighted by Gasteiger charge is 1.90. The van der Waals surface area contributed by atoms with Crippen LogP contribution in [0.5, 0.6) is 0 Å². The van der Waals surface area contributed by atoms with E-state index in [1.54, 1.807) is 0 Å². The summed E-state index contributed by atoms with van der Waals surface area (Å²) in [5.41, 5.74) is 1.33. The van der Waals surface area contributed by atoms with Gasteiger partial charge in [-0.25, -0.2) is 0 Å². The summed E-state index contributed by atoms with van der Waals surface area (Å²) in [6.45, 7) is 0. The molecule has 0 aliphatic carbocycles. The van der Waals surface area contributed by atoms with Gasteiger partial charge in [-0.1, -0.05) is 30.3 Å². The van der Waals surface area contributed by atoms with E-state index in [4.69, 9.17) is 0 Å². The predicted octanol–water partition coefficient (Wildman–Crippen LogP) is 2.99. The lowest BCUT2D eigenvalue weighted by atomic mass is 10.1. The van der Waals surface area contributed by atoms with Crippen molar-refractivity contribution in [2.75, 3.05) is 12.0 Å². The largest absolute Gasteiger partial charge is 0.165 e. The lowest BCUT2D eigenvalue weighted by Crippen LogP contribution is -1.82. The predicted molar refractivity (Wildman–Crippen MR) is 52.8 cm³/mol. The SMILES string of the molecule is CSCC[CH]c1ccccc1. The maximum absolute atomic E-state index is 2.27. The van der Waals surface area contributed by atoms with E-state index in [2.05, 4.69) is 36.9 Å². The summed E-state index contributed by atoms with van der Waals surface area (Å²) in [6, 6.07) is 10.5. The third-order valence-corrected chi connectivity index (χ3v) is 2.15. The molecule has 0 atom stereocenters. The van der Waals surface area contributed by atoms with Crippen molar-refractivity contribution in [3.8, 4) is 0 Å². The molecular formula is C10H13S. The first kappa shape index (κ1) is 8.66. The van der Waals surface area contributed by atoms with Gasteiger partial charge in [-0.2, -0.15) is 11.8 Å². The molecule has 0 aromatic heterocycles. The lowest BCUT2D eigenvalue weighted by Gasteiger charge is -1.97. The molecule has 0 saturated carbocycles. The summed E-state index contributed by atoms with van der Waals surface area (Å²) in [7, 11) is 0. The Morgan fingerprint density at radius 3 is 2.64 bits per heavy atom. The van der Waals surface area contributed by atoms with Gasteiger partial charge in [0, 0.05) is 0 Å². The Balaban J connectivity index is 2.28. The van der Waals surface area contributed by atoms with Crippen LogP contribution in [-0.2, 0) is 0 Å². The van der Waals surface area contributed by atoms with Crippen LogP contribution in [0.3, 0.4) is 0 Å². The summed E-state index contributed by atoms with van der Waals surface area (Å²) >= 11 is 1.89. The van der Waals surface area contributed by atoms with Crippen LogP contribution >= 0.6 is 11.8 Å². The van der Waals surface area contributed by atoms with Gasteiger partial charge in [0.2, 0.25) is 0 Å². The first-order valence-corrected chi connectivity index (χ1v) is 5.20. The first-order chi connectivity index (χ1) is 5.43. The zero-order chi connectivity index (χ0) is 7.94. The van der Waals surface area contributed by atoms with Crippen molar-refractivity contribution in [2.24, 2.45) is 0 Å². The van der Waals surface area contributed by atoms with E-state index >= 15 is 0 Å². The second-order valence-corrected chi connectivity index (χ2v) is 3.38. The third-order valence-electron chi connectivity index (χ3n) is 1.50. The maximum atomic E-state index is 2.27. The molecule has 0 N–H and O–H groups in total. The van der Waals surface area contributed by atoms with Gasteiger partial charge in [0.05, 0.1) is 0 Å². The Bertz CT molecular complexity index is 181. The van der Waals surface area contributed by atoms with Crippen LogP contribution in [0, 0.1) is 6.42 Å². The number of hydrogen-bond acceptors (Lipinski definition) is 1. The van der Waals surface area contributed by atoms with Crippen LogP contribution in [-0.4, -0.2) is 12.0 Å². The van der Waals surface area contributed by atoms with Crippen LogP contribution in [0.4, 0.5) is 0 Å². The molecule has 0 aliphatic rings. The molecule has 0 amide bonds. The van der Waals surface area contributed by atoms with Crippen molar-refractivity contribution in [2.45, 2.75) is 6.42 Å². The van der Waals surface area contributed by atoms with Crippen LogP contribution in [0.1, 0.15) is 12.0 Å². The highest BCUT2D eigenvalue weighted by Crippen LogP contribution is 2.07. The van der Waals surface area contributed by atoms with Crippen molar-refractivity contribution < 1.29 is 0 Å². The second-order valence-electron chi connectivity index (χ2n) is 2.40. The van der Waals surface area contributed by atoms with E-state index in [-0.39, 0.29) is 0 Å². The van der Waals surface area contributed by atoms with Crippen LogP contribution in [0.25, 0.3) is 0 Å². The Morgan fingerprint density at radius 2 is 2.00 bits per heavy atom. The van der Waals surface area contributed by atoms with Crippen LogP contribution < -0.4 is 0 Å². The van der Waals surface area contributed by atoms with Crippen molar-refractivity contribution in [1.29, 1.82) is 0 Å². The second kappa shape index (κ2) is 5.25. The summed E-state index contributed by atoms with van der Waals surface area (Å²) in [5, 5.41) is 0. The molecule has 1 rings (SSSR count). The van der Waals surface area contributed by atoms with Gasteiger partial charge < -0.3 is 0 Å². The minimum absolute atomic E-state index is 1.17. The minimum atomic E-state index is 1.17. The number of thioether (sulfide) groups is 1. The molecule has 0 unspecified atom stereocenters. The topological polar surface area (TPSA) is 0 Å². The zero-order valence-corrected chi connectivity index (χ0v) is 7.60. The monoisotopic (exact) mass is 165 g/mol. The van der Waals surface area contributed by atoms with Crippen molar-refractivity contribution in [3.63, 3.8) is 0 Å². The molecule has 0 fully saturated rings. The average molecular weight is 165 g/mol. The van der Waals surface area contributed by atoms with Gasteiger partial charge in [-0.15, -0.1) is 0 Å². The van der Waals surface area contributed by atoms with E-state index in [1.807, 2.05) is 17.8 Å². The molecular weight excluding hydrogens is 152 g/mol. The minimum Gasteiger partial charge on any atom is -0.165 e. The Labute approximate surface area is 73.0 Å². The number of benzene rings is 1. The third kappa shape index (κ3) is 3.47. The van der Waals surface area contributed by atoms with Crippen molar-refractivity contribution in [3.05, 3.63) is 42.3 Å². The van der Waals surface area contributed by atoms with Crippen molar-refractivity contribution >= 4 is 11.8 Å².